The lowest BCUT2D eigenvalue weighted by atomic mass is 10.1. The number of para-hydroxylation sites is 1. The number of nitrogens with zero attached hydrogens (tertiary/aromatic N) is 4. The molecule has 2 aliphatic heterocycles. The second-order valence-corrected chi connectivity index (χ2v) is 8.68. The molecule has 5 rings (SSSR count). The molecule has 32 heavy (non-hydrogen) atoms. The smallest absolute Gasteiger partial charge is 0.246 e. The fraction of sp³-hybridized carbons (Fsp3) is 0.320. The number of pyridine rings is 1. The van der Waals surface area contributed by atoms with E-state index < -0.39 is 0 Å². The monoisotopic (exact) mass is 429 g/mol. The number of hydrogen-bond acceptors (Lipinski definition) is 4. The van der Waals surface area contributed by atoms with Gasteiger partial charge in [-0.15, -0.1) is 0 Å². The van der Waals surface area contributed by atoms with Crippen LogP contribution in [0.25, 0.3) is 17.0 Å². The second kappa shape index (κ2) is 8.24. The molecule has 0 spiro atoms. The number of carbonyl (C=O) groups excluding carboxylic acids is 2. The van der Waals surface area contributed by atoms with Crippen LogP contribution in [0.1, 0.15) is 29.7 Å². The van der Waals surface area contributed by atoms with E-state index in [0.717, 1.165) is 41.7 Å². The molecule has 1 atom stereocenters. The van der Waals surface area contributed by atoms with E-state index in [9.17, 15) is 9.59 Å². The Morgan fingerprint density at radius 3 is 3.00 bits per heavy atom. The fourth-order valence-electron chi connectivity index (χ4n) is 4.70. The number of aryl methyl sites for hydroxylation is 1. The highest BCUT2D eigenvalue weighted by atomic mass is 16.2. The van der Waals surface area contributed by atoms with Gasteiger partial charge in [0.1, 0.15) is 5.82 Å². The van der Waals surface area contributed by atoms with Gasteiger partial charge in [0.25, 0.3) is 0 Å². The molecule has 1 aromatic carbocycles. The molecule has 7 nitrogen and oxygen atoms in total. The maximum absolute atomic E-state index is 12.7. The summed E-state index contributed by atoms with van der Waals surface area (Å²) in [5.41, 5.74) is 4.07. The number of benzene rings is 1. The van der Waals surface area contributed by atoms with Crippen LogP contribution in [0.4, 0.5) is 5.82 Å². The topological polar surface area (TPSA) is 70.5 Å². The number of likely N-dealkylation sites (N-methyl/N-ethyl adjacent to an activating group) is 1. The minimum atomic E-state index is -0.0712. The van der Waals surface area contributed by atoms with E-state index in [1.807, 2.05) is 32.3 Å². The molecule has 1 fully saturated rings. The quantitative estimate of drug-likeness (QED) is 0.647. The van der Waals surface area contributed by atoms with E-state index in [1.54, 1.807) is 23.2 Å². The molecule has 4 heterocycles. The van der Waals surface area contributed by atoms with E-state index in [-0.39, 0.29) is 17.9 Å². The highest BCUT2D eigenvalue weighted by Gasteiger charge is 2.34. The first-order chi connectivity index (χ1) is 15.5. The fourth-order valence-corrected chi connectivity index (χ4v) is 4.70. The Labute approximate surface area is 187 Å². The van der Waals surface area contributed by atoms with Crippen LogP contribution in [-0.4, -0.2) is 50.8 Å². The molecule has 2 aromatic heterocycles. The predicted molar refractivity (Wildman–Crippen MR) is 125 cm³/mol. The highest BCUT2D eigenvalue weighted by molar-refractivity contribution is 5.96. The second-order valence-electron chi connectivity index (χ2n) is 8.68. The Balaban J connectivity index is 1.29. The third-order valence-electron chi connectivity index (χ3n) is 6.51. The van der Waals surface area contributed by atoms with Crippen molar-refractivity contribution in [1.82, 2.24) is 19.4 Å². The molecule has 0 aliphatic carbocycles. The zero-order valence-electron chi connectivity index (χ0n) is 18.4. The molecular formula is C25H27N5O2. The number of anilines is 1. The Morgan fingerprint density at radius 2 is 2.16 bits per heavy atom. The first-order valence-electron chi connectivity index (χ1n) is 11.0. The number of fused-ring (bicyclic) bond motifs is 3. The Morgan fingerprint density at radius 1 is 1.31 bits per heavy atom. The van der Waals surface area contributed by atoms with Crippen LogP contribution in [0.2, 0.25) is 0 Å². The molecule has 2 aliphatic rings. The van der Waals surface area contributed by atoms with Gasteiger partial charge in [0.05, 0.1) is 12.6 Å². The molecule has 1 N–H and O–H groups in total. The summed E-state index contributed by atoms with van der Waals surface area (Å²) in [6.07, 6.45) is 7.01. The maximum atomic E-state index is 12.7. The Kier molecular flexibility index (Phi) is 5.27. The van der Waals surface area contributed by atoms with Crippen molar-refractivity contribution in [2.45, 2.75) is 32.0 Å². The van der Waals surface area contributed by atoms with Crippen molar-refractivity contribution in [3.63, 3.8) is 0 Å². The van der Waals surface area contributed by atoms with Gasteiger partial charge < -0.3 is 14.8 Å². The van der Waals surface area contributed by atoms with Gasteiger partial charge in [-0.3, -0.25) is 14.5 Å². The molecule has 3 aromatic rings. The third kappa shape index (κ3) is 3.80. The lowest BCUT2D eigenvalue weighted by molar-refractivity contribution is -0.125. The third-order valence-corrected chi connectivity index (χ3v) is 6.51. The van der Waals surface area contributed by atoms with E-state index in [4.69, 9.17) is 0 Å². The van der Waals surface area contributed by atoms with Crippen molar-refractivity contribution in [2.75, 3.05) is 18.9 Å². The zero-order chi connectivity index (χ0) is 22.2. The zero-order valence-corrected chi connectivity index (χ0v) is 18.4. The van der Waals surface area contributed by atoms with Gasteiger partial charge in [-0.2, -0.15) is 0 Å². The lowest BCUT2D eigenvalue weighted by Gasteiger charge is -2.19. The summed E-state index contributed by atoms with van der Waals surface area (Å²) in [5.74, 6) is 0.584. The Hall–Kier alpha value is -3.45. The van der Waals surface area contributed by atoms with Gasteiger partial charge >= 0.3 is 0 Å². The van der Waals surface area contributed by atoms with Gasteiger partial charge in [0.15, 0.2) is 0 Å². The number of carbonyl (C=O) groups is 2. The summed E-state index contributed by atoms with van der Waals surface area (Å²) in [6.45, 7) is 2.15. The van der Waals surface area contributed by atoms with E-state index in [0.29, 0.717) is 18.9 Å². The number of hydrogen-bond donors (Lipinski definition) is 1. The molecule has 164 valence electrons. The van der Waals surface area contributed by atoms with Crippen LogP contribution in [-0.2, 0) is 29.7 Å². The predicted octanol–water partition coefficient (Wildman–Crippen LogP) is 3.16. The van der Waals surface area contributed by atoms with Crippen LogP contribution in [0.15, 0.2) is 48.7 Å². The SMILES string of the molecule is CN(Cc1cc2ccccc2n1C)C(=O)/C=C/c1cnc2c(c1)CN1CCCC1C(=O)N2. The van der Waals surface area contributed by atoms with Crippen LogP contribution in [0, 0.1) is 0 Å². The maximum Gasteiger partial charge on any atom is 0.246 e. The van der Waals surface area contributed by atoms with Crippen molar-refractivity contribution in [1.29, 1.82) is 0 Å². The number of amides is 2. The number of rotatable bonds is 4. The van der Waals surface area contributed by atoms with Crippen molar-refractivity contribution < 1.29 is 9.59 Å². The van der Waals surface area contributed by atoms with Gasteiger partial charge in [-0.1, -0.05) is 18.2 Å². The molecular weight excluding hydrogens is 402 g/mol. The summed E-state index contributed by atoms with van der Waals surface area (Å²) in [6, 6.07) is 12.3. The summed E-state index contributed by atoms with van der Waals surface area (Å²) in [7, 11) is 3.83. The largest absolute Gasteiger partial charge is 0.346 e. The summed E-state index contributed by atoms with van der Waals surface area (Å²) >= 11 is 0. The van der Waals surface area contributed by atoms with Gasteiger partial charge in [0.2, 0.25) is 11.8 Å². The van der Waals surface area contributed by atoms with E-state index in [1.165, 1.54) is 5.39 Å². The van der Waals surface area contributed by atoms with Crippen molar-refractivity contribution >= 4 is 34.6 Å². The van der Waals surface area contributed by atoms with Crippen molar-refractivity contribution in [3.8, 4) is 0 Å². The molecule has 7 heteroatoms. The summed E-state index contributed by atoms with van der Waals surface area (Å²) in [5, 5.41) is 4.13. The van der Waals surface area contributed by atoms with Crippen LogP contribution in [0.5, 0.6) is 0 Å². The molecule has 2 amide bonds. The van der Waals surface area contributed by atoms with Gasteiger partial charge in [-0.25, -0.2) is 4.98 Å². The average molecular weight is 430 g/mol. The molecule has 1 unspecified atom stereocenters. The molecule has 0 saturated carbocycles. The van der Waals surface area contributed by atoms with Crippen LogP contribution < -0.4 is 5.32 Å². The Bertz CT molecular complexity index is 1230. The highest BCUT2D eigenvalue weighted by Crippen LogP contribution is 2.28. The van der Waals surface area contributed by atoms with Gasteiger partial charge in [-0.05, 0) is 54.6 Å². The number of aromatic nitrogens is 2. The van der Waals surface area contributed by atoms with Crippen LogP contribution >= 0.6 is 0 Å². The summed E-state index contributed by atoms with van der Waals surface area (Å²) in [4.78, 5) is 33.5. The first-order valence-corrected chi connectivity index (χ1v) is 11.0. The van der Waals surface area contributed by atoms with Gasteiger partial charge in [0, 0.05) is 49.7 Å². The van der Waals surface area contributed by atoms with E-state index >= 15 is 0 Å². The summed E-state index contributed by atoms with van der Waals surface area (Å²) < 4.78 is 2.12. The molecule has 0 radical (unpaired) electrons. The van der Waals surface area contributed by atoms with E-state index in [2.05, 4.69) is 38.0 Å². The van der Waals surface area contributed by atoms with Crippen molar-refractivity contribution in [3.05, 3.63) is 65.5 Å². The van der Waals surface area contributed by atoms with Crippen LogP contribution in [0.3, 0.4) is 0 Å². The standard InChI is InChI=1S/C25H27N5O2/c1-28(16-20-13-18-6-3-4-7-21(18)29(20)2)23(31)10-9-17-12-19-15-30-11-5-8-22(30)25(32)27-24(19)26-14-17/h3-4,6-7,9-10,12-14,22H,5,8,11,15-16H2,1-2H3,(H,26,27,32)/b10-9+. The first kappa shape index (κ1) is 20.5. The number of nitrogens with one attached hydrogen (secondary N) is 1. The molecule has 1 saturated heterocycles. The molecule has 0 bridgehead atoms. The normalized spacial score (nSPS) is 18.4. The average Bonchev–Trinajstić information content (AvgIpc) is 3.35. The lowest BCUT2D eigenvalue weighted by Crippen LogP contribution is -2.36. The minimum absolute atomic E-state index is 0.0298. The van der Waals surface area contributed by atoms with Crippen molar-refractivity contribution in [2.24, 2.45) is 7.05 Å². The minimum Gasteiger partial charge on any atom is -0.346 e.